The minimum absolute atomic E-state index is 0.157. The number of hydrogen-bond donors (Lipinski definition) is 2. The van der Waals surface area contributed by atoms with Gasteiger partial charge in [0.05, 0.1) is 23.5 Å². The number of piperazine rings is 1. The van der Waals surface area contributed by atoms with Gasteiger partial charge in [0, 0.05) is 54.9 Å². The number of ether oxygens (including phenoxy) is 1. The summed E-state index contributed by atoms with van der Waals surface area (Å²) in [7, 11) is 0. The highest BCUT2D eigenvalue weighted by Gasteiger charge is 2.35. The van der Waals surface area contributed by atoms with Crippen molar-refractivity contribution in [1.82, 2.24) is 30.3 Å². The monoisotopic (exact) mass is 485 g/mol. The van der Waals surface area contributed by atoms with Crippen molar-refractivity contribution in [3.63, 3.8) is 0 Å². The third kappa shape index (κ3) is 4.18. The van der Waals surface area contributed by atoms with E-state index in [1.807, 2.05) is 45.2 Å². The number of nitrogens with zero attached hydrogens (tertiary/aromatic N) is 6. The summed E-state index contributed by atoms with van der Waals surface area (Å²) in [6.45, 7) is 9.60. The fraction of sp³-hybridized carbons (Fsp3) is 0.407. The van der Waals surface area contributed by atoms with E-state index in [1.165, 1.54) is 0 Å². The summed E-state index contributed by atoms with van der Waals surface area (Å²) >= 11 is 0. The quantitative estimate of drug-likeness (QED) is 0.443. The van der Waals surface area contributed by atoms with Gasteiger partial charge < -0.3 is 14.7 Å². The molecular weight excluding hydrogens is 454 g/mol. The van der Waals surface area contributed by atoms with E-state index >= 15 is 0 Å². The SMILES string of the molecule is Cc1cnnc(C)c1[C@@H](C)Oc1ccc2[nH]nc(-c3ccc(N4CCN5C[C@H](O)C[C@H]5C4)nc3)c2c1. The van der Waals surface area contributed by atoms with Crippen molar-refractivity contribution in [2.24, 2.45) is 0 Å². The Labute approximate surface area is 210 Å². The van der Waals surface area contributed by atoms with Gasteiger partial charge in [-0.1, -0.05) is 0 Å². The van der Waals surface area contributed by atoms with Crippen LogP contribution in [0.5, 0.6) is 5.75 Å². The number of anilines is 1. The first-order chi connectivity index (χ1) is 17.5. The Morgan fingerprint density at radius 2 is 2.00 bits per heavy atom. The molecule has 6 rings (SSSR count). The number of rotatable bonds is 5. The molecule has 3 atom stereocenters. The molecule has 0 amide bonds. The molecule has 2 N–H and O–H groups in total. The summed E-state index contributed by atoms with van der Waals surface area (Å²) < 4.78 is 6.32. The van der Waals surface area contributed by atoms with E-state index in [0.29, 0.717) is 6.04 Å². The Bertz CT molecular complexity index is 1370. The minimum atomic E-state index is -0.204. The van der Waals surface area contributed by atoms with Crippen LogP contribution < -0.4 is 9.64 Å². The lowest BCUT2D eigenvalue weighted by molar-refractivity contribution is 0.173. The van der Waals surface area contributed by atoms with E-state index in [1.54, 1.807) is 6.20 Å². The highest BCUT2D eigenvalue weighted by Crippen LogP contribution is 2.33. The molecule has 36 heavy (non-hydrogen) atoms. The number of pyridine rings is 1. The Balaban J connectivity index is 1.22. The smallest absolute Gasteiger partial charge is 0.128 e. The highest BCUT2D eigenvalue weighted by molar-refractivity contribution is 5.93. The lowest BCUT2D eigenvalue weighted by Gasteiger charge is -2.37. The number of H-pyrrole nitrogens is 1. The largest absolute Gasteiger partial charge is 0.486 e. The summed E-state index contributed by atoms with van der Waals surface area (Å²) in [5.74, 6) is 1.74. The fourth-order valence-corrected chi connectivity index (χ4v) is 5.71. The highest BCUT2D eigenvalue weighted by atomic mass is 16.5. The zero-order valence-corrected chi connectivity index (χ0v) is 20.8. The van der Waals surface area contributed by atoms with Crippen molar-refractivity contribution < 1.29 is 9.84 Å². The molecule has 1 aromatic carbocycles. The number of nitrogens with one attached hydrogen (secondary N) is 1. The zero-order chi connectivity index (χ0) is 24.8. The molecule has 0 radical (unpaired) electrons. The van der Waals surface area contributed by atoms with Crippen LogP contribution in [0.3, 0.4) is 0 Å². The van der Waals surface area contributed by atoms with Gasteiger partial charge in [-0.2, -0.15) is 15.3 Å². The van der Waals surface area contributed by atoms with Crippen LogP contribution in [0, 0.1) is 13.8 Å². The summed E-state index contributed by atoms with van der Waals surface area (Å²) in [5, 5.41) is 26.9. The minimum Gasteiger partial charge on any atom is -0.486 e. The van der Waals surface area contributed by atoms with Gasteiger partial charge >= 0.3 is 0 Å². The van der Waals surface area contributed by atoms with Crippen molar-refractivity contribution >= 4 is 16.7 Å². The Kier molecular flexibility index (Phi) is 5.81. The van der Waals surface area contributed by atoms with Crippen LogP contribution in [0.15, 0.2) is 42.7 Å². The first-order valence-corrected chi connectivity index (χ1v) is 12.5. The van der Waals surface area contributed by atoms with Crippen LogP contribution in [0.2, 0.25) is 0 Å². The first-order valence-electron chi connectivity index (χ1n) is 12.5. The summed E-state index contributed by atoms with van der Waals surface area (Å²) in [5.41, 5.74) is 5.76. The van der Waals surface area contributed by atoms with Crippen molar-refractivity contribution in [2.75, 3.05) is 31.1 Å². The van der Waals surface area contributed by atoms with Crippen molar-refractivity contribution in [2.45, 2.75) is 45.4 Å². The molecule has 2 saturated heterocycles. The van der Waals surface area contributed by atoms with Gasteiger partial charge in [-0.05, 0) is 63.1 Å². The van der Waals surface area contributed by atoms with Gasteiger partial charge in [-0.25, -0.2) is 4.98 Å². The van der Waals surface area contributed by atoms with Gasteiger partial charge in [-0.15, -0.1) is 0 Å². The average Bonchev–Trinajstić information content (AvgIpc) is 3.45. The topological polar surface area (TPSA) is 103 Å². The summed E-state index contributed by atoms with van der Waals surface area (Å²) in [6, 6.07) is 10.5. The number of aliphatic hydroxyl groups excluding tert-OH is 1. The molecule has 3 aromatic heterocycles. The molecule has 9 heteroatoms. The molecule has 2 aliphatic rings. The van der Waals surface area contributed by atoms with Gasteiger partial charge in [0.1, 0.15) is 23.4 Å². The van der Waals surface area contributed by atoms with E-state index in [2.05, 4.69) is 42.3 Å². The van der Waals surface area contributed by atoms with Gasteiger partial charge in [0.25, 0.3) is 0 Å². The maximum absolute atomic E-state index is 10.00. The second-order valence-electron chi connectivity index (χ2n) is 9.96. The number of benzene rings is 1. The molecule has 5 heterocycles. The van der Waals surface area contributed by atoms with Crippen LogP contribution in [-0.4, -0.2) is 73.7 Å². The fourth-order valence-electron chi connectivity index (χ4n) is 5.71. The van der Waals surface area contributed by atoms with Crippen molar-refractivity contribution in [1.29, 1.82) is 0 Å². The van der Waals surface area contributed by atoms with Crippen LogP contribution in [-0.2, 0) is 0 Å². The average molecular weight is 486 g/mol. The van der Waals surface area contributed by atoms with Crippen LogP contribution in [0.4, 0.5) is 5.82 Å². The number of aromatic nitrogens is 5. The maximum Gasteiger partial charge on any atom is 0.128 e. The van der Waals surface area contributed by atoms with Gasteiger partial charge in [-0.3, -0.25) is 10.00 Å². The molecule has 0 saturated carbocycles. The number of aliphatic hydroxyl groups is 1. The summed E-state index contributed by atoms with van der Waals surface area (Å²) in [4.78, 5) is 9.48. The van der Waals surface area contributed by atoms with E-state index in [0.717, 1.165) is 83.1 Å². The standard InChI is InChI=1S/C27H31N7O2/c1-16-12-29-30-17(2)26(16)18(3)36-22-5-6-24-23(11-22)27(32-31-24)19-4-7-25(28-13-19)34-9-8-33-15-21(35)10-20(33)14-34/h4-7,11-13,18,20-21,35H,8-10,14-15H2,1-3H3,(H,31,32)/t18-,20+,21-/m1/s1. The number of aromatic amines is 1. The Morgan fingerprint density at radius 3 is 2.81 bits per heavy atom. The molecule has 2 aliphatic heterocycles. The Morgan fingerprint density at radius 1 is 1.11 bits per heavy atom. The van der Waals surface area contributed by atoms with Gasteiger partial charge in [0.15, 0.2) is 0 Å². The Hall–Kier alpha value is -3.56. The second kappa shape index (κ2) is 9.15. The predicted octanol–water partition coefficient (Wildman–Crippen LogP) is 3.43. The van der Waals surface area contributed by atoms with E-state index in [9.17, 15) is 5.11 Å². The first kappa shape index (κ1) is 22.9. The number of hydrogen-bond acceptors (Lipinski definition) is 8. The molecule has 4 aromatic rings. The predicted molar refractivity (Wildman–Crippen MR) is 138 cm³/mol. The molecule has 0 unspecified atom stereocenters. The molecule has 0 bridgehead atoms. The zero-order valence-electron chi connectivity index (χ0n) is 20.8. The van der Waals surface area contributed by atoms with Crippen LogP contribution >= 0.6 is 0 Å². The lowest BCUT2D eigenvalue weighted by atomic mass is 10.0. The van der Waals surface area contributed by atoms with Crippen LogP contribution in [0.25, 0.3) is 22.2 Å². The maximum atomic E-state index is 10.00. The molecule has 0 aliphatic carbocycles. The normalized spacial score (nSPS) is 21.1. The third-order valence-corrected chi connectivity index (χ3v) is 7.47. The van der Waals surface area contributed by atoms with E-state index in [4.69, 9.17) is 9.72 Å². The molecule has 9 nitrogen and oxygen atoms in total. The van der Waals surface area contributed by atoms with Gasteiger partial charge in [0.2, 0.25) is 0 Å². The molecular formula is C27H31N7O2. The van der Waals surface area contributed by atoms with Crippen molar-refractivity contribution in [3.05, 3.63) is 59.5 Å². The summed E-state index contributed by atoms with van der Waals surface area (Å²) in [6.07, 6.45) is 4.15. The van der Waals surface area contributed by atoms with Crippen LogP contribution in [0.1, 0.15) is 36.3 Å². The molecule has 0 spiro atoms. The second-order valence-corrected chi connectivity index (χ2v) is 9.96. The third-order valence-electron chi connectivity index (χ3n) is 7.47. The number of fused-ring (bicyclic) bond motifs is 2. The van der Waals surface area contributed by atoms with Crippen molar-refractivity contribution in [3.8, 4) is 17.0 Å². The lowest BCUT2D eigenvalue weighted by Crippen LogP contribution is -2.50. The molecule has 2 fully saturated rings. The van der Waals surface area contributed by atoms with E-state index < -0.39 is 0 Å². The van der Waals surface area contributed by atoms with E-state index in [-0.39, 0.29) is 12.2 Å². The number of aryl methyl sites for hydroxylation is 2. The molecule has 186 valence electrons.